The zero-order valence-electron chi connectivity index (χ0n) is 19.9. The largest absolute Gasteiger partial charge is 0.365 e. The lowest BCUT2D eigenvalue weighted by atomic mass is 9.99. The molecule has 3 heterocycles. The fourth-order valence-corrected chi connectivity index (χ4v) is 4.43. The number of carbonyl (C=O) groups is 2. The summed E-state index contributed by atoms with van der Waals surface area (Å²) in [6, 6.07) is 16.1. The molecule has 1 aliphatic rings. The summed E-state index contributed by atoms with van der Waals surface area (Å²) in [5.74, 6) is -1.03. The number of benzene rings is 2. The van der Waals surface area contributed by atoms with Gasteiger partial charge in [0.05, 0.1) is 0 Å². The highest BCUT2D eigenvalue weighted by Gasteiger charge is 2.28. The van der Waals surface area contributed by atoms with Gasteiger partial charge in [-0.05, 0) is 61.2 Å². The Hall–Kier alpha value is -4.53. The molecule has 182 valence electrons. The van der Waals surface area contributed by atoms with E-state index in [-0.39, 0.29) is 27.9 Å². The van der Waals surface area contributed by atoms with Gasteiger partial charge in [0, 0.05) is 29.1 Å². The minimum atomic E-state index is -0.723. The first-order chi connectivity index (χ1) is 17.4. The molecule has 4 N–H and O–H groups in total. The molecular weight excluding hydrogens is 459 g/mol. The smallest absolute Gasteiger partial charge is 0.257 e. The highest BCUT2D eigenvalue weighted by Crippen LogP contribution is 2.36. The summed E-state index contributed by atoms with van der Waals surface area (Å²) in [5.41, 5.74) is 9.12. The van der Waals surface area contributed by atoms with Crippen molar-refractivity contribution in [3.05, 3.63) is 88.4 Å². The number of fused-ring (bicyclic) bond motifs is 2. The van der Waals surface area contributed by atoms with Gasteiger partial charge in [0.1, 0.15) is 28.7 Å². The van der Waals surface area contributed by atoms with E-state index in [1.54, 1.807) is 16.8 Å². The number of hydrogen-bond donors (Lipinski definition) is 3. The van der Waals surface area contributed by atoms with Crippen molar-refractivity contribution in [1.82, 2.24) is 14.8 Å². The van der Waals surface area contributed by atoms with E-state index in [0.717, 1.165) is 23.4 Å². The lowest BCUT2D eigenvalue weighted by Crippen LogP contribution is -2.16. The number of nitrogens with two attached hydrogens (primary N) is 1. The number of aromatic nitrogens is 3. The molecule has 0 fully saturated rings. The van der Waals surface area contributed by atoms with E-state index in [9.17, 15) is 9.59 Å². The van der Waals surface area contributed by atoms with Crippen LogP contribution in [0.15, 0.2) is 54.6 Å². The van der Waals surface area contributed by atoms with Gasteiger partial charge in [-0.2, -0.15) is 5.10 Å². The number of halogens is 1. The Bertz CT molecular complexity index is 1510. The van der Waals surface area contributed by atoms with Gasteiger partial charge in [0.15, 0.2) is 0 Å². The van der Waals surface area contributed by atoms with Crippen LogP contribution < -0.4 is 16.4 Å². The van der Waals surface area contributed by atoms with Crippen LogP contribution in [0.5, 0.6) is 0 Å². The van der Waals surface area contributed by atoms with Gasteiger partial charge in [-0.15, -0.1) is 0 Å². The molecule has 5 rings (SSSR count). The first-order valence-corrected chi connectivity index (χ1v) is 11.7. The Morgan fingerprint density at radius 2 is 1.94 bits per heavy atom. The molecule has 36 heavy (non-hydrogen) atoms. The molecule has 0 bridgehead atoms. The second-order valence-corrected chi connectivity index (χ2v) is 8.61. The van der Waals surface area contributed by atoms with Gasteiger partial charge in [-0.3, -0.25) is 9.59 Å². The second-order valence-electron chi connectivity index (χ2n) is 8.61. The molecule has 8 nitrogen and oxygen atoms in total. The highest BCUT2D eigenvalue weighted by molar-refractivity contribution is 6.07. The molecular formula is C27H25FN6O2. The number of nitrogens with one attached hydrogen (secondary N) is 2. The average molecular weight is 485 g/mol. The van der Waals surface area contributed by atoms with E-state index in [2.05, 4.69) is 20.7 Å². The van der Waals surface area contributed by atoms with Gasteiger partial charge in [-0.25, -0.2) is 14.1 Å². The van der Waals surface area contributed by atoms with Crippen molar-refractivity contribution in [3.8, 4) is 11.3 Å². The molecule has 2 aromatic carbocycles. The second kappa shape index (κ2) is 9.26. The summed E-state index contributed by atoms with van der Waals surface area (Å²) >= 11 is 0. The summed E-state index contributed by atoms with van der Waals surface area (Å²) in [6.45, 7) is 3.98. The SMILES string of the molecule is CCc1cccc(NC(=O)c2ccc(-c3nn4c(c3C(N)=O)Nc3ccccc3CC4)c(F)c2C)n1. The van der Waals surface area contributed by atoms with Crippen molar-refractivity contribution in [1.29, 1.82) is 0 Å². The monoisotopic (exact) mass is 484 g/mol. The van der Waals surface area contributed by atoms with Crippen LogP contribution in [-0.4, -0.2) is 26.6 Å². The van der Waals surface area contributed by atoms with Crippen molar-refractivity contribution in [3.63, 3.8) is 0 Å². The fourth-order valence-electron chi connectivity index (χ4n) is 4.43. The summed E-state index contributed by atoms with van der Waals surface area (Å²) < 4.78 is 17.3. The quantitative estimate of drug-likeness (QED) is 0.383. The third-order valence-electron chi connectivity index (χ3n) is 6.36. The van der Waals surface area contributed by atoms with Crippen LogP contribution in [0.2, 0.25) is 0 Å². The number of nitrogens with zero attached hydrogens (tertiary/aromatic N) is 3. The summed E-state index contributed by atoms with van der Waals surface area (Å²) in [7, 11) is 0. The molecule has 2 amide bonds. The van der Waals surface area contributed by atoms with E-state index in [1.165, 1.54) is 19.1 Å². The predicted octanol–water partition coefficient (Wildman–Crippen LogP) is 4.61. The highest BCUT2D eigenvalue weighted by atomic mass is 19.1. The Morgan fingerprint density at radius 3 is 2.72 bits per heavy atom. The third kappa shape index (κ3) is 4.08. The molecule has 0 saturated heterocycles. The van der Waals surface area contributed by atoms with E-state index in [0.29, 0.717) is 24.6 Å². The van der Waals surface area contributed by atoms with Crippen LogP contribution in [0, 0.1) is 12.7 Å². The topological polar surface area (TPSA) is 115 Å². The van der Waals surface area contributed by atoms with Crippen LogP contribution in [0.1, 0.15) is 44.5 Å². The Morgan fingerprint density at radius 1 is 1.14 bits per heavy atom. The zero-order valence-corrected chi connectivity index (χ0v) is 19.9. The van der Waals surface area contributed by atoms with E-state index >= 15 is 4.39 Å². The predicted molar refractivity (Wildman–Crippen MR) is 136 cm³/mol. The normalized spacial score (nSPS) is 12.2. The number of amides is 2. The van der Waals surface area contributed by atoms with Gasteiger partial charge in [0.2, 0.25) is 0 Å². The number of hydrogen-bond acceptors (Lipinski definition) is 5. The molecule has 0 radical (unpaired) electrons. The number of aryl methyl sites for hydroxylation is 3. The summed E-state index contributed by atoms with van der Waals surface area (Å²) in [6.07, 6.45) is 1.41. The number of pyridine rings is 1. The first-order valence-electron chi connectivity index (χ1n) is 11.7. The van der Waals surface area contributed by atoms with Crippen molar-refractivity contribution >= 4 is 29.1 Å². The minimum absolute atomic E-state index is 0.0969. The lowest BCUT2D eigenvalue weighted by Gasteiger charge is -2.12. The maximum Gasteiger partial charge on any atom is 0.257 e. The maximum atomic E-state index is 15.7. The average Bonchev–Trinajstić information content (AvgIpc) is 3.13. The number of anilines is 3. The van der Waals surface area contributed by atoms with Crippen molar-refractivity contribution in [2.24, 2.45) is 5.73 Å². The number of primary amides is 1. The van der Waals surface area contributed by atoms with Gasteiger partial charge in [0.25, 0.3) is 11.8 Å². The fraction of sp³-hybridized carbons (Fsp3) is 0.185. The van der Waals surface area contributed by atoms with Crippen molar-refractivity contribution < 1.29 is 14.0 Å². The van der Waals surface area contributed by atoms with Gasteiger partial charge >= 0.3 is 0 Å². The van der Waals surface area contributed by atoms with E-state index in [1.807, 2.05) is 37.3 Å². The van der Waals surface area contributed by atoms with Crippen molar-refractivity contribution in [2.45, 2.75) is 33.2 Å². The molecule has 0 saturated carbocycles. The van der Waals surface area contributed by atoms with Crippen LogP contribution in [0.3, 0.4) is 0 Å². The first kappa shape index (κ1) is 23.2. The molecule has 4 aromatic rings. The summed E-state index contributed by atoms with van der Waals surface area (Å²) in [4.78, 5) is 29.8. The molecule has 0 unspecified atom stereocenters. The molecule has 2 aromatic heterocycles. The molecule has 9 heteroatoms. The van der Waals surface area contributed by atoms with Gasteiger partial charge < -0.3 is 16.4 Å². The van der Waals surface area contributed by atoms with Gasteiger partial charge in [-0.1, -0.05) is 31.2 Å². The Kier molecular flexibility index (Phi) is 5.97. The molecule has 0 aliphatic carbocycles. The van der Waals surface area contributed by atoms with Crippen LogP contribution in [0.4, 0.5) is 21.7 Å². The summed E-state index contributed by atoms with van der Waals surface area (Å²) in [5, 5.41) is 10.5. The minimum Gasteiger partial charge on any atom is -0.365 e. The van der Waals surface area contributed by atoms with Crippen LogP contribution in [0.25, 0.3) is 11.3 Å². The number of rotatable bonds is 5. The standard InChI is InChI=1S/C27H25FN6O2/c1-3-17-8-6-10-21(30-17)32-27(36)18-11-12-19(23(28)15(18)2)24-22(25(29)35)26-31-20-9-5-4-7-16(20)13-14-34(26)33-24/h4-12,31H,3,13-14H2,1-2H3,(H2,29,35)(H,30,32,36). The lowest BCUT2D eigenvalue weighted by molar-refractivity contribution is 0.0998. The van der Waals surface area contributed by atoms with E-state index in [4.69, 9.17) is 5.73 Å². The molecule has 0 atom stereocenters. The maximum absolute atomic E-state index is 15.7. The van der Waals surface area contributed by atoms with Crippen LogP contribution in [-0.2, 0) is 19.4 Å². The molecule has 1 aliphatic heterocycles. The number of para-hydroxylation sites is 1. The zero-order chi connectivity index (χ0) is 25.4. The van der Waals surface area contributed by atoms with E-state index < -0.39 is 17.6 Å². The third-order valence-corrected chi connectivity index (χ3v) is 6.36. The number of carbonyl (C=O) groups excluding carboxylic acids is 2. The van der Waals surface area contributed by atoms with Crippen molar-refractivity contribution in [2.75, 3.05) is 10.6 Å². The van der Waals surface area contributed by atoms with Crippen LogP contribution >= 0.6 is 0 Å². The Balaban J connectivity index is 1.52. The molecule has 0 spiro atoms. The Labute approximate surface area is 207 Å².